The van der Waals surface area contributed by atoms with Crippen LogP contribution in [0.15, 0.2) is 24.3 Å². The highest BCUT2D eigenvalue weighted by atomic mass is 16.5. The Balaban J connectivity index is 2.05. The second-order valence-corrected chi connectivity index (χ2v) is 6.05. The summed E-state index contributed by atoms with van der Waals surface area (Å²) in [4.78, 5) is 14.8. The maximum Gasteiger partial charge on any atom is 0.230 e. The van der Waals surface area contributed by atoms with Crippen molar-refractivity contribution in [3.63, 3.8) is 0 Å². The van der Waals surface area contributed by atoms with Crippen LogP contribution in [0.3, 0.4) is 0 Å². The molecule has 1 aliphatic rings. The van der Waals surface area contributed by atoms with Gasteiger partial charge in [0.2, 0.25) is 5.91 Å². The van der Waals surface area contributed by atoms with Crippen molar-refractivity contribution in [2.75, 3.05) is 34.3 Å². The van der Waals surface area contributed by atoms with Gasteiger partial charge in [-0.2, -0.15) is 0 Å². The van der Waals surface area contributed by atoms with Crippen LogP contribution in [-0.2, 0) is 10.2 Å². The Hall–Kier alpha value is -1.55. The summed E-state index contributed by atoms with van der Waals surface area (Å²) in [7, 11) is 5.76. The second kappa shape index (κ2) is 6.94. The van der Waals surface area contributed by atoms with Gasteiger partial charge < -0.3 is 15.0 Å². The predicted molar refractivity (Wildman–Crippen MR) is 84.7 cm³/mol. The number of carbonyl (C=O) groups excluding carboxylic acids is 1. The normalized spacial score (nSPS) is 16.4. The van der Waals surface area contributed by atoms with E-state index in [9.17, 15) is 4.79 Å². The summed E-state index contributed by atoms with van der Waals surface area (Å²) in [6.45, 7) is 1.72. The molecule has 0 atom stereocenters. The Bertz CT molecular complexity index is 481. The average Bonchev–Trinajstić information content (AvgIpc) is 2.43. The number of benzene rings is 1. The molecule has 0 spiro atoms. The maximum atomic E-state index is 12.7. The molecule has 21 heavy (non-hydrogen) atoms. The molecule has 0 radical (unpaired) electrons. The minimum absolute atomic E-state index is 0.150. The number of para-hydroxylation sites is 1. The van der Waals surface area contributed by atoms with Crippen molar-refractivity contribution in [2.24, 2.45) is 0 Å². The predicted octanol–water partition coefficient (Wildman–Crippen LogP) is 2.18. The summed E-state index contributed by atoms with van der Waals surface area (Å²) < 4.78 is 5.45. The lowest BCUT2D eigenvalue weighted by Gasteiger charge is -2.41. The first-order chi connectivity index (χ1) is 10.1. The van der Waals surface area contributed by atoms with Crippen molar-refractivity contribution < 1.29 is 9.53 Å². The second-order valence-electron chi connectivity index (χ2n) is 6.05. The van der Waals surface area contributed by atoms with Gasteiger partial charge in [-0.15, -0.1) is 0 Å². The molecule has 0 heterocycles. The molecule has 0 aromatic heterocycles. The maximum absolute atomic E-state index is 12.7. The molecule has 1 aliphatic carbocycles. The molecule has 1 aromatic carbocycles. The minimum atomic E-state index is -0.384. The van der Waals surface area contributed by atoms with Crippen LogP contribution in [0.25, 0.3) is 0 Å². The molecule has 4 nitrogen and oxygen atoms in total. The highest BCUT2D eigenvalue weighted by Crippen LogP contribution is 2.47. The van der Waals surface area contributed by atoms with Crippen LogP contribution in [0, 0.1) is 0 Å². The van der Waals surface area contributed by atoms with E-state index < -0.39 is 0 Å². The molecule has 1 N–H and O–H groups in total. The Kier molecular flexibility index (Phi) is 5.23. The topological polar surface area (TPSA) is 41.6 Å². The first-order valence-corrected chi connectivity index (χ1v) is 7.67. The number of hydrogen-bond donors (Lipinski definition) is 1. The zero-order valence-electron chi connectivity index (χ0n) is 13.3. The summed E-state index contributed by atoms with van der Waals surface area (Å²) in [5.41, 5.74) is 0.647. The lowest BCUT2D eigenvalue weighted by Crippen LogP contribution is -2.49. The summed E-state index contributed by atoms with van der Waals surface area (Å²) in [6.07, 6.45) is 3.89. The summed E-state index contributed by atoms with van der Waals surface area (Å²) in [6, 6.07) is 7.90. The number of hydrogen-bond acceptors (Lipinski definition) is 3. The zero-order chi connectivity index (χ0) is 15.3. The van der Waals surface area contributed by atoms with Crippen LogP contribution in [0.1, 0.15) is 31.2 Å². The number of amides is 1. The van der Waals surface area contributed by atoms with Crippen LogP contribution in [-0.4, -0.2) is 45.1 Å². The van der Waals surface area contributed by atoms with E-state index in [1.807, 2.05) is 38.4 Å². The Morgan fingerprint density at radius 3 is 2.62 bits per heavy atom. The van der Waals surface area contributed by atoms with E-state index in [0.29, 0.717) is 0 Å². The van der Waals surface area contributed by atoms with Crippen LogP contribution in [0.4, 0.5) is 0 Å². The molecule has 2 rings (SSSR count). The fourth-order valence-corrected chi connectivity index (χ4v) is 2.96. The Labute approximate surface area is 127 Å². The molecule has 4 heteroatoms. The van der Waals surface area contributed by atoms with Crippen LogP contribution in [0.5, 0.6) is 5.75 Å². The van der Waals surface area contributed by atoms with Crippen molar-refractivity contribution in [1.29, 1.82) is 0 Å². The fourth-order valence-electron chi connectivity index (χ4n) is 2.96. The third-order valence-electron chi connectivity index (χ3n) is 4.33. The van der Waals surface area contributed by atoms with E-state index in [1.54, 1.807) is 7.11 Å². The third-order valence-corrected chi connectivity index (χ3v) is 4.33. The third kappa shape index (κ3) is 3.38. The van der Waals surface area contributed by atoms with Gasteiger partial charge in [0, 0.05) is 12.1 Å². The molecule has 1 saturated carbocycles. The molecule has 0 aliphatic heterocycles. The van der Waals surface area contributed by atoms with Gasteiger partial charge in [0.1, 0.15) is 5.75 Å². The molecule has 0 unspecified atom stereocenters. The smallest absolute Gasteiger partial charge is 0.230 e. The molecular weight excluding hydrogens is 264 g/mol. The molecule has 1 amide bonds. The number of methoxy groups -OCH3 is 1. The van der Waals surface area contributed by atoms with Gasteiger partial charge in [0.05, 0.1) is 12.5 Å². The quantitative estimate of drug-likeness (QED) is 0.783. The van der Waals surface area contributed by atoms with Gasteiger partial charge in [-0.3, -0.25) is 4.79 Å². The van der Waals surface area contributed by atoms with Gasteiger partial charge in [-0.1, -0.05) is 24.6 Å². The number of nitrogens with one attached hydrogen (secondary N) is 1. The Morgan fingerprint density at radius 1 is 1.33 bits per heavy atom. The Morgan fingerprint density at radius 2 is 2.05 bits per heavy atom. The summed E-state index contributed by atoms with van der Waals surface area (Å²) in [5, 5.41) is 3.11. The molecular formula is C17H26N2O2. The highest BCUT2D eigenvalue weighted by Gasteiger charge is 2.47. The SMILES string of the molecule is COc1ccccc1C1(C(=O)NCCCN(C)C)CCC1. The first-order valence-electron chi connectivity index (χ1n) is 7.67. The van der Waals surface area contributed by atoms with Gasteiger partial charge in [0.25, 0.3) is 0 Å². The van der Waals surface area contributed by atoms with Crippen molar-refractivity contribution >= 4 is 5.91 Å². The molecule has 116 valence electrons. The minimum Gasteiger partial charge on any atom is -0.496 e. The van der Waals surface area contributed by atoms with Gasteiger partial charge in [-0.05, 0) is 46.0 Å². The van der Waals surface area contributed by atoms with Crippen molar-refractivity contribution in [3.05, 3.63) is 29.8 Å². The fraction of sp³-hybridized carbons (Fsp3) is 0.588. The van der Waals surface area contributed by atoms with Crippen LogP contribution < -0.4 is 10.1 Å². The van der Waals surface area contributed by atoms with Crippen LogP contribution in [0.2, 0.25) is 0 Å². The zero-order valence-corrected chi connectivity index (χ0v) is 13.3. The first kappa shape index (κ1) is 15.8. The number of nitrogens with zero attached hydrogens (tertiary/aromatic N) is 1. The highest BCUT2D eigenvalue weighted by molar-refractivity contribution is 5.90. The van der Waals surface area contributed by atoms with E-state index in [1.165, 1.54) is 0 Å². The molecule has 0 bridgehead atoms. The van der Waals surface area contributed by atoms with Gasteiger partial charge >= 0.3 is 0 Å². The molecule has 0 saturated heterocycles. The number of carbonyl (C=O) groups is 1. The molecule has 1 aromatic rings. The summed E-state index contributed by atoms with van der Waals surface area (Å²) in [5.74, 6) is 0.970. The largest absolute Gasteiger partial charge is 0.496 e. The van der Waals surface area contributed by atoms with E-state index in [-0.39, 0.29) is 11.3 Å². The number of rotatable bonds is 7. The van der Waals surface area contributed by atoms with E-state index in [4.69, 9.17) is 4.74 Å². The van der Waals surface area contributed by atoms with E-state index in [2.05, 4.69) is 10.2 Å². The van der Waals surface area contributed by atoms with Crippen molar-refractivity contribution in [1.82, 2.24) is 10.2 Å². The van der Waals surface area contributed by atoms with Crippen LogP contribution >= 0.6 is 0 Å². The van der Waals surface area contributed by atoms with Gasteiger partial charge in [-0.25, -0.2) is 0 Å². The monoisotopic (exact) mass is 290 g/mol. The molecule has 1 fully saturated rings. The van der Waals surface area contributed by atoms with Crippen molar-refractivity contribution in [2.45, 2.75) is 31.1 Å². The lowest BCUT2D eigenvalue weighted by molar-refractivity contribution is -0.130. The number of ether oxygens (including phenoxy) is 1. The van der Waals surface area contributed by atoms with E-state index in [0.717, 1.165) is 50.1 Å². The summed E-state index contributed by atoms with van der Waals surface area (Å²) >= 11 is 0. The van der Waals surface area contributed by atoms with Crippen molar-refractivity contribution in [3.8, 4) is 5.75 Å². The van der Waals surface area contributed by atoms with E-state index >= 15 is 0 Å². The lowest BCUT2D eigenvalue weighted by atomic mass is 9.63. The standard InChI is InChI=1S/C17H26N2O2/c1-19(2)13-7-12-18-16(20)17(10-6-11-17)14-8-4-5-9-15(14)21-3/h4-5,8-9H,6-7,10-13H2,1-3H3,(H,18,20). The average molecular weight is 290 g/mol. The van der Waals surface area contributed by atoms with Gasteiger partial charge in [0.15, 0.2) is 0 Å².